The van der Waals surface area contributed by atoms with Crippen molar-refractivity contribution in [1.82, 2.24) is 5.32 Å². The fourth-order valence-corrected chi connectivity index (χ4v) is 2.47. The molecule has 0 unspecified atom stereocenters. The van der Waals surface area contributed by atoms with Gasteiger partial charge in [-0.3, -0.25) is 0 Å². The SMILES string of the molecule is CC(C)NCc1cc(Br)ccc1OCCc1ccccc1. The maximum Gasteiger partial charge on any atom is 0.123 e. The van der Waals surface area contributed by atoms with Crippen molar-refractivity contribution in [2.75, 3.05) is 6.61 Å². The standard InChI is InChI=1S/C18H22BrNO/c1-14(2)20-13-16-12-17(19)8-9-18(16)21-11-10-15-6-4-3-5-7-15/h3-9,12,14,20H,10-11,13H2,1-2H3. The first-order chi connectivity index (χ1) is 10.1. The van der Waals surface area contributed by atoms with Gasteiger partial charge in [0.25, 0.3) is 0 Å². The van der Waals surface area contributed by atoms with Gasteiger partial charge < -0.3 is 10.1 Å². The van der Waals surface area contributed by atoms with E-state index in [1.165, 1.54) is 11.1 Å². The molecule has 3 heteroatoms. The van der Waals surface area contributed by atoms with Gasteiger partial charge in [-0.25, -0.2) is 0 Å². The van der Waals surface area contributed by atoms with Crippen molar-refractivity contribution in [3.8, 4) is 5.75 Å². The minimum Gasteiger partial charge on any atom is -0.493 e. The largest absolute Gasteiger partial charge is 0.493 e. The molecule has 0 amide bonds. The molecule has 2 aromatic rings. The summed E-state index contributed by atoms with van der Waals surface area (Å²) in [7, 11) is 0. The van der Waals surface area contributed by atoms with E-state index in [1.54, 1.807) is 0 Å². The van der Waals surface area contributed by atoms with Gasteiger partial charge in [-0.05, 0) is 23.8 Å². The number of hydrogen-bond acceptors (Lipinski definition) is 2. The molecule has 0 atom stereocenters. The molecule has 0 bridgehead atoms. The molecule has 0 radical (unpaired) electrons. The summed E-state index contributed by atoms with van der Waals surface area (Å²) in [5.74, 6) is 0.960. The van der Waals surface area contributed by atoms with E-state index in [4.69, 9.17) is 4.74 Å². The van der Waals surface area contributed by atoms with Crippen LogP contribution in [0.25, 0.3) is 0 Å². The highest BCUT2D eigenvalue weighted by Gasteiger charge is 2.06. The fourth-order valence-electron chi connectivity index (χ4n) is 2.06. The summed E-state index contributed by atoms with van der Waals surface area (Å²) in [6.45, 7) is 5.81. The number of hydrogen-bond donors (Lipinski definition) is 1. The molecule has 1 N–H and O–H groups in total. The van der Waals surface area contributed by atoms with Crippen LogP contribution in [0.4, 0.5) is 0 Å². The van der Waals surface area contributed by atoms with Crippen molar-refractivity contribution in [1.29, 1.82) is 0 Å². The minimum atomic E-state index is 0.459. The van der Waals surface area contributed by atoms with Crippen LogP contribution in [-0.2, 0) is 13.0 Å². The third-order valence-corrected chi connectivity index (χ3v) is 3.71. The van der Waals surface area contributed by atoms with Crippen LogP contribution in [0, 0.1) is 0 Å². The Morgan fingerprint density at radius 1 is 1.10 bits per heavy atom. The number of nitrogens with one attached hydrogen (secondary N) is 1. The molecule has 0 aliphatic carbocycles. The van der Waals surface area contributed by atoms with Crippen LogP contribution >= 0.6 is 15.9 Å². The summed E-state index contributed by atoms with van der Waals surface area (Å²) in [6, 6.07) is 17.1. The van der Waals surface area contributed by atoms with Crippen molar-refractivity contribution < 1.29 is 4.74 Å². The zero-order valence-corrected chi connectivity index (χ0v) is 14.2. The second-order valence-electron chi connectivity index (χ2n) is 5.37. The van der Waals surface area contributed by atoms with E-state index in [2.05, 4.69) is 65.4 Å². The minimum absolute atomic E-state index is 0.459. The van der Waals surface area contributed by atoms with E-state index in [1.807, 2.05) is 18.2 Å². The Morgan fingerprint density at radius 3 is 2.57 bits per heavy atom. The van der Waals surface area contributed by atoms with Crippen LogP contribution in [0.3, 0.4) is 0 Å². The molecule has 0 heterocycles. The number of halogens is 1. The smallest absolute Gasteiger partial charge is 0.123 e. The lowest BCUT2D eigenvalue weighted by molar-refractivity contribution is 0.317. The molecular formula is C18H22BrNO. The van der Waals surface area contributed by atoms with Crippen molar-refractivity contribution in [3.05, 3.63) is 64.1 Å². The molecule has 2 rings (SSSR count). The molecule has 0 aliphatic rings. The molecule has 2 nitrogen and oxygen atoms in total. The average Bonchev–Trinajstić information content (AvgIpc) is 2.48. The Hall–Kier alpha value is -1.32. The monoisotopic (exact) mass is 347 g/mol. The second kappa shape index (κ2) is 8.20. The third-order valence-electron chi connectivity index (χ3n) is 3.21. The summed E-state index contributed by atoms with van der Waals surface area (Å²) >= 11 is 3.52. The topological polar surface area (TPSA) is 21.3 Å². The molecule has 0 saturated carbocycles. The summed E-state index contributed by atoms with van der Waals surface area (Å²) in [4.78, 5) is 0. The Kier molecular flexibility index (Phi) is 6.27. The lowest BCUT2D eigenvalue weighted by Crippen LogP contribution is -2.22. The van der Waals surface area contributed by atoms with Crippen LogP contribution in [0.1, 0.15) is 25.0 Å². The lowest BCUT2D eigenvalue weighted by Gasteiger charge is -2.14. The van der Waals surface area contributed by atoms with Gasteiger partial charge >= 0.3 is 0 Å². The van der Waals surface area contributed by atoms with Gasteiger partial charge in [0.05, 0.1) is 6.61 Å². The van der Waals surface area contributed by atoms with Crippen LogP contribution < -0.4 is 10.1 Å². The molecule has 2 aromatic carbocycles. The Bertz CT molecular complexity index is 554. The molecule has 0 aliphatic heterocycles. The van der Waals surface area contributed by atoms with Gasteiger partial charge in [-0.15, -0.1) is 0 Å². The van der Waals surface area contributed by atoms with E-state index in [-0.39, 0.29) is 0 Å². The van der Waals surface area contributed by atoms with E-state index < -0.39 is 0 Å². The third kappa shape index (κ3) is 5.52. The molecule has 0 aromatic heterocycles. The van der Waals surface area contributed by atoms with E-state index >= 15 is 0 Å². The van der Waals surface area contributed by atoms with E-state index in [0.717, 1.165) is 23.2 Å². The molecule has 0 saturated heterocycles. The molecule has 0 spiro atoms. The second-order valence-corrected chi connectivity index (χ2v) is 6.29. The highest BCUT2D eigenvalue weighted by molar-refractivity contribution is 9.10. The van der Waals surface area contributed by atoms with Crippen LogP contribution in [0.5, 0.6) is 5.75 Å². The van der Waals surface area contributed by atoms with Crippen LogP contribution in [0.15, 0.2) is 53.0 Å². The fraction of sp³-hybridized carbons (Fsp3) is 0.333. The van der Waals surface area contributed by atoms with Crippen LogP contribution in [0.2, 0.25) is 0 Å². The zero-order chi connectivity index (χ0) is 15.1. The predicted octanol–water partition coefficient (Wildman–Crippen LogP) is 4.57. The number of rotatable bonds is 7. The number of benzene rings is 2. The first-order valence-electron chi connectivity index (χ1n) is 7.33. The van der Waals surface area contributed by atoms with E-state index in [0.29, 0.717) is 12.6 Å². The van der Waals surface area contributed by atoms with Gasteiger partial charge in [0.1, 0.15) is 5.75 Å². The first-order valence-corrected chi connectivity index (χ1v) is 8.13. The van der Waals surface area contributed by atoms with Crippen molar-refractivity contribution in [2.24, 2.45) is 0 Å². The van der Waals surface area contributed by atoms with Crippen molar-refractivity contribution in [3.63, 3.8) is 0 Å². The van der Waals surface area contributed by atoms with Gasteiger partial charge in [0.15, 0.2) is 0 Å². The summed E-state index contributed by atoms with van der Waals surface area (Å²) < 4.78 is 7.05. The Balaban J connectivity index is 1.95. The molecule has 0 fully saturated rings. The summed E-state index contributed by atoms with van der Waals surface area (Å²) in [6.07, 6.45) is 0.925. The van der Waals surface area contributed by atoms with Crippen LogP contribution in [-0.4, -0.2) is 12.6 Å². The van der Waals surface area contributed by atoms with Crippen molar-refractivity contribution >= 4 is 15.9 Å². The maximum atomic E-state index is 5.97. The first kappa shape index (κ1) is 16.1. The highest BCUT2D eigenvalue weighted by Crippen LogP contribution is 2.23. The lowest BCUT2D eigenvalue weighted by atomic mass is 10.1. The Morgan fingerprint density at radius 2 is 1.86 bits per heavy atom. The number of ether oxygens (including phenoxy) is 1. The molecular weight excluding hydrogens is 326 g/mol. The predicted molar refractivity (Wildman–Crippen MR) is 91.8 cm³/mol. The zero-order valence-electron chi connectivity index (χ0n) is 12.6. The van der Waals surface area contributed by atoms with Gasteiger partial charge in [0.2, 0.25) is 0 Å². The summed E-state index contributed by atoms with van der Waals surface area (Å²) in [5.41, 5.74) is 2.49. The van der Waals surface area contributed by atoms with Crippen molar-refractivity contribution in [2.45, 2.75) is 32.9 Å². The molecule has 21 heavy (non-hydrogen) atoms. The maximum absolute atomic E-state index is 5.97. The van der Waals surface area contributed by atoms with Gasteiger partial charge in [0, 0.05) is 29.0 Å². The Labute approximate surface area is 135 Å². The summed E-state index contributed by atoms with van der Waals surface area (Å²) in [5, 5.41) is 3.44. The highest BCUT2D eigenvalue weighted by atomic mass is 79.9. The average molecular weight is 348 g/mol. The van der Waals surface area contributed by atoms with Gasteiger partial charge in [-0.1, -0.05) is 60.1 Å². The molecule has 112 valence electrons. The van der Waals surface area contributed by atoms with Gasteiger partial charge in [-0.2, -0.15) is 0 Å². The quantitative estimate of drug-likeness (QED) is 0.792. The normalized spacial score (nSPS) is 10.9. The van der Waals surface area contributed by atoms with E-state index in [9.17, 15) is 0 Å².